The van der Waals surface area contributed by atoms with Gasteiger partial charge in [-0.1, -0.05) is 30.3 Å². The summed E-state index contributed by atoms with van der Waals surface area (Å²) in [7, 11) is -2.96. The van der Waals surface area contributed by atoms with Crippen molar-refractivity contribution < 1.29 is 27.6 Å². The Morgan fingerprint density at radius 3 is 2.53 bits per heavy atom. The molecule has 0 fully saturated rings. The molecule has 0 amide bonds. The minimum atomic E-state index is -4.21. The van der Waals surface area contributed by atoms with Crippen molar-refractivity contribution in [3.8, 4) is 0 Å². The summed E-state index contributed by atoms with van der Waals surface area (Å²) < 4.78 is 32.9. The average molecular weight is 436 g/mol. The number of nitrogens with zero attached hydrogens (tertiary/aromatic N) is 3. The van der Waals surface area contributed by atoms with E-state index in [9.17, 15) is 18.6 Å². The molecule has 11 heteroatoms. The van der Waals surface area contributed by atoms with E-state index in [4.69, 9.17) is 9.88 Å². The second-order valence-electron chi connectivity index (χ2n) is 6.72. The number of rotatable bonds is 10. The van der Waals surface area contributed by atoms with Gasteiger partial charge in [-0.3, -0.25) is 4.18 Å². The van der Waals surface area contributed by atoms with Gasteiger partial charge in [-0.05, 0) is 24.5 Å². The average Bonchev–Trinajstić information content (AvgIpc) is 3.16. The third-order valence-electron chi connectivity index (χ3n) is 4.76. The van der Waals surface area contributed by atoms with Gasteiger partial charge in [-0.25, -0.2) is 15.1 Å². The lowest BCUT2D eigenvalue weighted by Crippen LogP contribution is -2.40. The molecule has 0 spiro atoms. The number of methoxy groups -OCH3 is 1. The van der Waals surface area contributed by atoms with Crippen molar-refractivity contribution >= 4 is 21.3 Å². The molecule has 0 aliphatic heterocycles. The fraction of sp³-hybridized carbons (Fsp3) is 0.368. The van der Waals surface area contributed by atoms with Gasteiger partial charge < -0.3 is 19.5 Å². The van der Waals surface area contributed by atoms with E-state index in [1.807, 2.05) is 30.3 Å². The molecule has 2 aromatic heterocycles. The zero-order chi connectivity index (χ0) is 21.7. The number of benzene rings is 1. The Labute approximate surface area is 174 Å². The number of ether oxygens (including phenoxy) is 1. The van der Waals surface area contributed by atoms with Crippen LogP contribution in [0.4, 0.5) is 0 Å². The van der Waals surface area contributed by atoms with E-state index in [1.165, 1.54) is 23.6 Å². The van der Waals surface area contributed by atoms with Crippen molar-refractivity contribution in [2.75, 3.05) is 13.7 Å². The van der Waals surface area contributed by atoms with E-state index >= 15 is 0 Å². The number of aryl methyl sites for hydroxylation is 2. The van der Waals surface area contributed by atoms with E-state index in [-0.39, 0.29) is 0 Å². The molecule has 30 heavy (non-hydrogen) atoms. The Bertz CT molecular complexity index is 1070. The van der Waals surface area contributed by atoms with Gasteiger partial charge in [0.05, 0.1) is 12.3 Å². The first kappa shape index (κ1) is 22.3. The van der Waals surface area contributed by atoms with E-state index < -0.39 is 35.3 Å². The van der Waals surface area contributed by atoms with Crippen LogP contribution >= 0.6 is 0 Å². The number of nitrogens with two attached hydrogens (primary N) is 1. The summed E-state index contributed by atoms with van der Waals surface area (Å²) in [6.45, 7) is -0.552. The number of fused-ring (bicyclic) bond motifs is 1. The fourth-order valence-corrected chi connectivity index (χ4v) is 3.49. The third-order valence-corrected chi connectivity index (χ3v) is 5.22. The van der Waals surface area contributed by atoms with Gasteiger partial charge >= 0.3 is 10.3 Å². The molecule has 2 heterocycles. The standard InChI is InChI=1S/C19H24N4O6S/c1-28-16(11-29-30(20,26)27)17(24)19(25)23-10-9-14-15(21-12-22-18(14)23)8-7-13-5-3-2-4-6-13/h2-6,9-10,12,16-17,19,24-25H,7-8,11H2,1H3,(H2,20,26,27)/t16-,17-,19-/m1/s1. The molecule has 0 unspecified atom stereocenters. The zero-order valence-electron chi connectivity index (χ0n) is 16.3. The molecule has 1 aromatic carbocycles. The van der Waals surface area contributed by atoms with Crippen LogP contribution in [0, 0.1) is 0 Å². The van der Waals surface area contributed by atoms with Crippen LogP contribution in [0.2, 0.25) is 0 Å². The lowest BCUT2D eigenvalue weighted by molar-refractivity contribution is -0.112. The number of hydrogen-bond acceptors (Lipinski definition) is 8. The largest absolute Gasteiger partial charge is 0.386 e. The molecule has 3 aromatic rings. The van der Waals surface area contributed by atoms with Gasteiger partial charge in [0.1, 0.15) is 24.2 Å². The van der Waals surface area contributed by atoms with Crippen LogP contribution in [0.25, 0.3) is 11.0 Å². The van der Waals surface area contributed by atoms with Crippen LogP contribution in [0.5, 0.6) is 0 Å². The molecule has 10 nitrogen and oxygen atoms in total. The molecule has 0 radical (unpaired) electrons. The van der Waals surface area contributed by atoms with Gasteiger partial charge in [0.25, 0.3) is 0 Å². The highest BCUT2D eigenvalue weighted by atomic mass is 32.2. The minimum Gasteiger partial charge on any atom is -0.386 e. The van der Waals surface area contributed by atoms with Crippen LogP contribution in [0.1, 0.15) is 17.5 Å². The molecular formula is C19H24N4O6S. The number of hydrogen-bond donors (Lipinski definition) is 3. The summed E-state index contributed by atoms with van der Waals surface area (Å²) in [5, 5.41) is 26.7. The van der Waals surface area contributed by atoms with Crippen molar-refractivity contribution in [1.29, 1.82) is 0 Å². The summed E-state index contributed by atoms with van der Waals surface area (Å²) in [5.41, 5.74) is 2.42. The maximum atomic E-state index is 11.0. The highest BCUT2D eigenvalue weighted by Gasteiger charge is 2.30. The summed E-state index contributed by atoms with van der Waals surface area (Å²) >= 11 is 0. The smallest absolute Gasteiger partial charge is 0.333 e. The van der Waals surface area contributed by atoms with Gasteiger partial charge in [0.15, 0.2) is 6.23 Å². The second kappa shape index (κ2) is 9.60. The summed E-state index contributed by atoms with van der Waals surface area (Å²) in [4.78, 5) is 8.58. The molecule has 0 aliphatic rings. The number of aliphatic hydroxyl groups is 2. The monoisotopic (exact) mass is 436 g/mol. The SMILES string of the molecule is CO[C@H](COS(N)(=O)=O)[C@@H](O)[C@@H](O)n1ccc2c(CCc3ccccc3)ncnc21. The molecule has 4 N–H and O–H groups in total. The highest BCUT2D eigenvalue weighted by Crippen LogP contribution is 2.23. The van der Waals surface area contributed by atoms with Crippen LogP contribution in [-0.2, 0) is 32.1 Å². The highest BCUT2D eigenvalue weighted by molar-refractivity contribution is 7.84. The molecule has 3 rings (SSSR count). The molecule has 0 aliphatic carbocycles. The van der Waals surface area contributed by atoms with E-state index in [0.717, 1.165) is 17.5 Å². The Morgan fingerprint density at radius 1 is 1.13 bits per heavy atom. The van der Waals surface area contributed by atoms with Crippen LogP contribution in [-0.4, -0.2) is 59.1 Å². The summed E-state index contributed by atoms with van der Waals surface area (Å²) in [6, 6.07) is 11.8. The van der Waals surface area contributed by atoms with Crippen molar-refractivity contribution in [2.24, 2.45) is 5.14 Å². The predicted octanol–water partition coefficient (Wildman–Crippen LogP) is 0.303. The maximum absolute atomic E-state index is 11.0. The molecule has 162 valence electrons. The summed E-state index contributed by atoms with van der Waals surface area (Å²) in [6.07, 6.45) is 0.329. The number of aliphatic hydroxyl groups excluding tert-OH is 2. The number of aromatic nitrogens is 3. The van der Waals surface area contributed by atoms with Gasteiger partial charge in [0, 0.05) is 18.7 Å². The molecule has 0 bridgehead atoms. The van der Waals surface area contributed by atoms with Crippen molar-refractivity contribution in [3.05, 3.63) is 60.2 Å². The predicted molar refractivity (Wildman–Crippen MR) is 108 cm³/mol. The molecular weight excluding hydrogens is 412 g/mol. The van der Waals surface area contributed by atoms with E-state index in [2.05, 4.69) is 14.2 Å². The first-order valence-electron chi connectivity index (χ1n) is 9.20. The Hall–Kier alpha value is -2.41. The Balaban J connectivity index is 1.78. The van der Waals surface area contributed by atoms with Crippen molar-refractivity contribution in [2.45, 2.75) is 31.3 Å². The first-order valence-corrected chi connectivity index (χ1v) is 10.7. The van der Waals surface area contributed by atoms with Crippen LogP contribution < -0.4 is 5.14 Å². The van der Waals surface area contributed by atoms with E-state index in [1.54, 1.807) is 12.3 Å². The lowest BCUT2D eigenvalue weighted by atomic mass is 10.1. The van der Waals surface area contributed by atoms with Crippen molar-refractivity contribution in [1.82, 2.24) is 14.5 Å². The van der Waals surface area contributed by atoms with Gasteiger partial charge in [-0.15, -0.1) is 0 Å². The normalized spacial score (nSPS) is 15.2. The van der Waals surface area contributed by atoms with Gasteiger partial charge in [0.2, 0.25) is 0 Å². The molecule has 0 saturated carbocycles. The molecule has 3 atom stereocenters. The quantitative estimate of drug-likeness (QED) is 0.411. The van der Waals surface area contributed by atoms with Crippen LogP contribution in [0.3, 0.4) is 0 Å². The Kier molecular flexibility index (Phi) is 7.13. The van der Waals surface area contributed by atoms with E-state index in [0.29, 0.717) is 12.1 Å². The molecule has 0 saturated heterocycles. The zero-order valence-corrected chi connectivity index (χ0v) is 17.1. The van der Waals surface area contributed by atoms with Crippen LogP contribution in [0.15, 0.2) is 48.9 Å². The summed E-state index contributed by atoms with van der Waals surface area (Å²) in [5.74, 6) is 0. The fourth-order valence-electron chi connectivity index (χ4n) is 3.17. The third kappa shape index (κ3) is 5.39. The minimum absolute atomic E-state index is 0.432. The lowest BCUT2D eigenvalue weighted by Gasteiger charge is -2.26. The van der Waals surface area contributed by atoms with Crippen molar-refractivity contribution in [3.63, 3.8) is 0 Å². The first-order chi connectivity index (χ1) is 14.3. The second-order valence-corrected chi connectivity index (χ2v) is 7.94. The Morgan fingerprint density at radius 2 is 1.87 bits per heavy atom. The van der Waals surface area contributed by atoms with Gasteiger partial charge in [-0.2, -0.15) is 8.42 Å². The topological polar surface area (TPSA) is 150 Å². The maximum Gasteiger partial charge on any atom is 0.333 e.